The number of fused-ring (bicyclic) bond motifs is 2. The zero-order valence-electron chi connectivity index (χ0n) is 18.9. The lowest BCUT2D eigenvalue weighted by atomic mass is 9.85. The molecule has 10 nitrogen and oxygen atoms in total. The number of hydrogen-bond acceptors (Lipinski definition) is 8. The fraction of sp³-hybridized carbons (Fsp3) is 0.500. The second-order valence-electron chi connectivity index (χ2n) is 9.50. The minimum atomic E-state index is -0.991. The van der Waals surface area contributed by atoms with E-state index in [4.69, 9.17) is 0 Å². The van der Waals surface area contributed by atoms with Crippen LogP contribution in [0.4, 0.5) is 23.1 Å². The number of aliphatic imine (C=N–C) groups is 1. The van der Waals surface area contributed by atoms with Gasteiger partial charge in [-0.3, -0.25) is 9.69 Å². The molecule has 0 aromatic carbocycles. The Kier molecular flexibility index (Phi) is 5.24. The average Bonchev–Trinajstić information content (AvgIpc) is 3.59. The largest absolute Gasteiger partial charge is 0.477 e. The number of nitrogens with zero attached hydrogens (tertiary/aromatic N) is 6. The van der Waals surface area contributed by atoms with E-state index in [-0.39, 0.29) is 29.5 Å². The molecule has 4 aliphatic rings. The number of carboxylic acids is 1. The molecule has 0 radical (unpaired) electrons. The Hall–Kier alpha value is -3.40. The van der Waals surface area contributed by atoms with E-state index < -0.39 is 5.97 Å². The molecule has 2 aromatic rings. The molecule has 1 saturated carbocycles. The van der Waals surface area contributed by atoms with Gasteiger partial charge in [-0.1, -0.05) is 12.8 Å². The number of rotatable bonds is 5. The number of carbonyl (C=O) groups is 2. The van der Waals surface area contributed by atoms with E-state index in [1.54, 1.807) is 12.4 Å². The number of carboxylic acid groups (broad SMARTS) is 1. The van der Waals surface area contributed by atoms with Crippen molar-refractivity contribution in [3.05, 3.63) is 30.2 Å². The topological polar surface area (TPSA) is 124 Å². The Morgan fingerprint density at radius 1 is 1.03 bits per heavy atom. The van der Waals surface area contributed by atoms with Crippen molar-refractivity contribution >= 4 is 40.7 Å². The van der Waals surface area contributed by atoms with Crippen LogP contribution in [0.2, 0.25) is 0 Å². The number of pyridine rings is 1. The van der Waals surface area contributed by atoms with Crippen molar-refractivity contribution in [3.8, 4) is 0 Å². The van der Waals surface area contributed by atoms with E-state index >= 15 is 0 Å². The lowest BCUT2D eigenvalue weighted by Gasteiger charge is -2.36. The zero-order valence-corrected chi connectivity index (χ0v) is 18.9. The van der Waals surface area contributed by atoms with E-state index in [0.717, 1.165) is 57.3 Å². The van der Waals surface area contributed by atoms with Crippen molar-refractivity contribution < 1.29 is 14.7 Å². The molecule has 0 spiro atoms. The van der Waals surface area contributed by atoms with Crippen LogP contribution in [-0.4, -0.2) is 68.2 Å². The van der Waals surface area contributed by atoms with Crippen molar-refractivity contribution in [2.75, 3.05) is 29.9 Å². The molecule has 0 bridgehead atoms. The van der Waals surface area contributed by atoms with Crippen LogP contribution in [0.15, 0.2) is 29.5 Å². The van der Waals surface area contributed by atoms with Gasteiger partial charge in [-0.2, -0.15) is 0 Å². The molecule has 34 heavy (non-hydrogen) atoms. The highest BCUT2D eigenvalue weighted by Gasteiger charge is 2.40. The van der Waals surface area contributed by atoms with Crippen molar-refractivity contribution in [2.45, 2.75) is 50.5 Å². The van der Waals surface area contributed by atoms with Gasteiger partial charge in [0.1, 0.15) is 17.2 Å². The highest BCUT2D eigenvalue weighted by atomic mass is 16.4. The third-order valence-corrected chi connectivity index (χ3v) is 7.54. The van der Waals surface area contributed by atoms with Crippen LogP contribution in [-0.2, 0) is 9.59 Å². The Morgan fingerprint density at radius 2 is 1.88 bits per heavy atom. The fourth-order valence-electron chi connectivity index (χ4n) is 5.89. The van der Waals surface area contributed by atoms with Crippen LogP contribution in [0.1, 0.15) is 50.1 Å². The predicted octanol–water partition coefficient (Wildman–Crippen LogP) is 2.87. The number of aliphatic carboxylic acids is 1. The van der Waals surface area contributed by atoms with Crippen LogP contribution < -0.4 is 10.2 Å². The normalized spacial score (nSPS) is 24.8. The molecule has 1 aliphatic carbocycles. The lowest BCUT2D eigenvalue weighted by Crippen LogP contribution is -2.54. The van der Waals surface area contributed by atoms with Crippen LogP contribution in [0, 0.1) is 5.92 Å². The minimum Gasteiger partial charge on any atom is -0.477 e. The second kappa shape index (κ2) is 8.43. The molecule has 2 N–H and O–H groups in total. The van der Waals surface area contributed by atoms with E-state index in [1.165, 1.54) is 0 Å². The van der Waals surface area contributed by atoms with E-state index in [0.29, 0.717) is 29.7 Å². The number of aromatic nitrogens is 3. The van der Waals surface area contributed by atoms with Gasteiger partial charge in [-0.25, -0.2) is 24.7 Å². The predicted molar refractivity (Wildman–Crippen MR) is 126 cm³/mol. The molecule has 1 amide bonds. The molecule has 3 aliphatic heterocycles. The molecule has 3 fully saturated rings. The van der Waals surface area contributed by atoms with E-state index in [9.17, 15) is 14.7 Å². The summed E-state index contributed by atoms with van der Waals surface area (Å²) in [6, 6.07) is 3.70. The maximum absolute atomic E-state index is 12.9. The average molecular weight is 462 g/mol. The summed E-state index contributed by atoms with van der Waals surface area (Å²) in [6.07, 6.45) is 9.46. The van der Waals surface area contributed by atoms with Gasteiger partial charge in [0, 0.05) is 13.1 Å². The van der Waals surface area contributed by atoms with Crippen LogP contribution in [0.25, 0.3) is 0 Å². The van der Waals surface area contributed by atoms with Crippen molar-refractivity contribution in [3.63, 3.8) is 0 Å². The van der Waals surface area contributed by atoms with Gasteiger partial charge < -0.3 is 15.3 Å². The Bertz CT molecular complexity index is 1160. The molecule has 6 rings (SSSR count). The van der Waals surface area contributed by atoms with E-state index in [2.05, 4.69) is 30.2 Å². The monoisotopic (exact) mass is 461 g/mol. The molecule has 2 unspecified atom stereocenters. The minimum absolute atomic E-state index is 0.00269. The first-order valence-electron chi connectivity index (χ1n) is 12.1. The number of anilines is 3. The van der Waals surface area contributed by atoms with Crippen LogP contribution in [0.3, 0.4) is 0 Å². The highest BCUT2D eigenvalue weighted by molar-refractivity contribution is 6.39. The quantitative estimate of drug-likeness (QED) is 0.697. The summed E-state index contributed by atoms with van der Waals surface area (Å²) in [7, 11) is 0. The summed E-state index contributed by atoms with van der Waals surface area (Å²) in [5.41, 5.74) is 2.17. The summed E-state index contributed by atoms with van der Waals surface area (Å²) in [6.45, 7) is 2.57. The lowest BCUT2D eigenvalue weighted by molar-refractivity contribution is -0.129. The van der Waals surface area contributed by atoms with Gasteiger partial charge in [-0.05, 0) is 50.3 Å². The summed E-state index contributed by atoms with van der Waals surface area (Å²) in [4.78, 5) is 46.6. The molecular weight excluding hydrogens is 434 g/mol. The first-order chi connectivity index (χ1) is 16.6. The highest BCUT2D eigenvalue weighted by Crippen LogP contribution is 2.45. The first kappa shape index (κ1) is 21.2. The number of amides is 1. The van der Waals surface area contributed by atoms with Gasteiger partial charge in [0.2, 0.25) is 11.9 Å². The molecular formula is C24H27N7O3. The van der Waals surface area contributed by atoms with Gasteiger partial charge in [0.15, 0.2) is 0 Å². The third-order valence-electron chi connectivity index (χ3n) is 7.54. The zero-order chi connectivity index (χ0) is 23.2. The molecule has 5 heterocycles. The smallest absolute Gasteiger partial charge is 0.350 e. The maximum atomic E-state index is 12.9. The second-order valence-corrected chi connectivity index (χ2v) is 9.50. The van der Waals surface area contributed by atoms with Crippen LogP contribution in [0.5, 0.6) is 0 Å². The molecule has 2 saturated heterocycles. The van der Waals surface area contributed by atoms with Gasteiger partial charge >= 0.3 is 5.97 Å². The maximum Gasteiger partial charge on any atom is 0.350 e. The standard InChI is InChI=1S/C24H27N7O3/c32-22-17-6-3-9-30(17)10-11-31(22)15-7-8-18(25-12-15)28-24-26-13-16-20(29-24)19(14-4-1-2-5-14)21(27-16)23(33)34/h7-8,12-14,17,19H,1-6,9-11H2,(H,33,34)(H,25,26,28,29). The number of carbonyl (C=O) groups excluding carboxylic acids is 1. The van der Waals surface area contributed by atoms with Gasteiger partial charge in [0.25, 0.3) is 0 Å². The number of hydrogen-bond donors (Lipinski definition) is 2. The van der Waals surface area contributed by atoms with Crippen LogP contribution >= 0.6 is 0 Å². The van der Waals surface area contributed by atoms with E-state index in [1.807, 2.05) is 17.0 Å². The summed E-state index contributed by atoms with van der Waals surface area (Å²) < 4.78 is 0. The van der Waals surface area contributed by atoms with Crippen molar-refractivity contribution in [1.29, 1.82) is 0 Å². The SMILES string of the molecule is O=C(O)C1=Nc2cnc(Nc3ccc(N4CCN5CCCC5C4=O)cn3)nc2C1C1CCCC1. The molecule has 2 atom stereocenters. The summed E-state index contributed by atoms with van der Waals surface area (Å²) in [5, 5.41) is 12.8. The van der Waals surface area contributed by atoms with Gasteiger partial charge in [-0.15, -0.1) is 0 Å². The third kappa shape index (κ3) is 3.62. The Morgan fingerprint density at radius 3 is 2.65 bits per heavy atom. The molecule has 10 heteroatoms. The fourth-order valence-corrected chi connectivity index (χ4v) is 5.89. The van der Waals surface area contributed by atoms with Crippen molar-refractivity contribution in [2.24, 2.45) is 10.9 Å². The van der Waals surface area contributed by atoms with Crippen molar-refractivity contribution in [1.82, 2.24) is 19.9 Å². The first-order valence-corrected chi connectivity index (χ1v) is 12.1. The summed E-state index contributed by atoms with van der Waals surface area (Å²) in [5.74, 6) is 0.0308. The van der Waals surface area contributed by atoms with Gasteiger partial charge in [0.05, 0.1) is 35.7 Å². The Balaban J connectivity index is 1.20. The molecule has 2 aromatic heterocycles. The number of nitrogens with one attached hydrogen (secondary N) is 1. The number of piperazine rings is 1. The molecule has 176 valence electrons. The Labute approximate surface area is 197 Å². The summed E-state index contributed by atoms with van der Waals surface area (Å²) >= 11 is 0.